The summed E-state index contributed by atoms with van der Waals surface area (Å²) in [6, 6.07) is 7.59. The van der Waals surface area contributed by atoms with E-state index in [1.807, 2.05) is 31.2 Å². The third-order valence-electron chi connectivity index (χ3n) is 3.78. The Kier molecular flexibility index (Phi) is 6.47. The van der Waals surface area contributed by atoms with E-state index in [0.29, 0.717) is 0 Å². The van der Waals surface area contributed by atoms with Gasteiger partial charge >= 0.3 is 5.97 Å². The minimum Gasteiger partial charge on any atom is -0.460 e. The predicted molar refractivity (Wildman–Crippen MR) is 84.9 cm³/mol. The van der Waals surface area contributed by atoms with E-state index in [4.69, 9.17) is 14.2 Å². The van der Waals surface area contributed by atoms with E-state index in [0.717, 1.165) is 11.1 Å². The van der Waals surface area contributed by atoms with Crippen molar-refractivity contribution < 1.29 is 34.3 Å². The number of carbonyl (C=O) groups excluding carboxylic acids is 1. The lowest BCUT2D eigenvalue weighted by Crippen LogP contribution is -2.59. The van der Waals surface area contributed by atoms with Crippen molar-refractivity contribution in [3.63, 3.8) is 0 Å². The Balaban J connectivity index is 1.87. The highest BCUT2D eigenvalue weighted by Crippen LogP contribution is 2.22. The van der Waals surface area contributed by atoms with Gasteiger partial charge in [-0.3, -0.25) is 0 Å². The molecule has 1 heterocycles. The number of benzene rings is 1. The molecular weight excluding hydrogens is 316 g/mol. The predicted octanol–water partition coefficient (Wildman–Crippen LogP) is 0.00542. The van der Waals surface area contributed by atoms with Crippen LogP contribution in [0.5, 0.6) is 0 Å². The van der Waals surface area contributed by atoms with Gasteiger partial charge in [0.2, 0.25) is 0 Å². The van der Waals surface area contributed by atoms with E-state index >= 15 is 0 Å². The van der Waals surface area contributed by atoms with Gasteiger partial charge in [0.25, 0.3) is 0 Å². The Morgan fingerprint density at radius 3 is 2.46 bits per heavy atom. The van der Waals surface area contributed by atoms with Crippen LogP contribution in [0.2, 0.25) is 0 Å². The van der Waals surface area contributed by atoms with E-state index in [2.05, 4.69) is 0 Å². The van der Waals surface area contributed by atoms with Crippen LogP contribution in [0.15, 0.2) is 30.3 Å². The topological polar surface area (TPSA) is 105 Å². The number of aliphatic hydroxyl groups excluding tert-OH is 3. The van der Waals surface area contributed by atoms with E-state index in [1.54, 1.807) is 6.08 Å². The minimum atomic E-state index is -1.45. The maximum atomic E-state index is 11.7. The maximum absolute atomic E-state index is 11.7. The van der Waals surface area contributed by atoms with Gasteiger partial charge < -0.3 is 29.5 Å². The zero-order valence-electron chi connectivity index (χ0n) is 13.5. The van der Waals surface area contributed by atoms with Gasteiger partial charge in [0.05, 0.1) is 0 Å². The number of esters is 1. The summed E-state index contributed by atoms with van der Waals surface area (Å²) in [6.07, 6.45) is -3.44. The molecule has 1 fully saturated rings. The van der Waals surface area contributed by atoms with Crippen LogP contribution in [-0.2, 0) is 19.0 Å². The van der Waals surface area contributed by atoms with Gasteiger partial charge in [-0.15, -0.1) is 0 Å². The quantitative estimate of drug-likeness (QED) is 0.513. The molecule has 1 aliphatic heterocycles. The van der Waals surface area contributed by atoms with E-state index in [1.165, 1.54) is 13.2 Å². The Bertz CT molecular complexity index is 567. The number of carbonyl (C=O) groups is 1. The first-order valence-electron chi connectivity index (χ1n) is 7.56. The average Bonchev–Trinajstić information content (AvgIpc) is 2.58. The van der Waals surface area contributed by atoms with Gasteiger partial charge in [0.1, 0.15) is 31.0 Å². The summed E-state index contributed by atoms with van der Waals surface area (Å²) in [5, 5.41) is 29.3. The first-order valence-corrected chi connectivity index (χ1v) is 7.56. The molecule has 3 N–H and O–H groups in total. The summed E-state index contributed by atoms with van der Waals surface area (Å²) in [5.74, 6) is -0.610. The molecule has 1 unspecified atom stereocenters. The summed E-state index contributed by atoms with van der Waals surface area (Å²) < 4.78 is 15.2. The third kappa shape index (κ3) is 4.62. The van der Waals surface area contributed by atoms with Crippen LogP contribution in [0.1, 0.15) is 11.1 Å². The molecule has 24 heavy (non-hydrogen) atoms. The number of aryl methyl sites for hydroxylation is 1. The molecule has 0 bridgehead atoms. The van der Waals surface area contributed by atoms with E-state index in [9.17, 15) is 20.1 Å². The molecule has 5 atom stereocenters. The Hall–Kier alpha value is -1.77. The Morgan fingerprint density at radius 2 is 1.83 bits per heavy atom. The van der Waals surface area contributed by atoms with E-state index in [-0.39, 0.29) is 6.61 Å². The molecule has 0 aliphatic carbocycles. The Morgan fingerprint density at radius 1 is 1.17 bits per heavy atom. The molecule has 132 valence electrons. The molecule has 1 aromatic rings. The van der Waals surface area contributed by atoms with Crippen molar-refractivity contribution in [3.05, 3.63) is 41.5 Å². The smallest absolute Gasteiger partial charge is 0.330 e. The van der Waals surface area contributed by atoms with Gasteiger partial charge in [-0.25, -0.2) is 4.79 Å². The van der Waals surface area contributed by atoms with Crippen LogP contribution < -0.4 is 0 Å². The summed E-state index contributed by atoms with van der Waals surface area (Å²) >= 11 is 0. The Labute approximate surface area is 140 Å². The second-order valence-electron chi connectivity index (χ2n) is 5.62. The van der Waals surface area contributed by atoms with Crippen LogP contribution in [0.4, 0.5) is 0 Å². The fourth-order valence-electron chi connectivity index (χ4n) is 2.30. The van der Waals surface area contributed by atoms with Crippen molar-refractivity contribution in [2.24, 2.45) is 0 Å². The van der Waals surface area contributed by atoms with Gasteiger partial charge in [0, 0.05) is 13.2 Å². The average molecular weight is 338 g/mol. The molecule has 0 saturated carbocycles. The first-order chi connectivity index (χ1) is 11.4. The van der Waals surface area contributed by atoms with Crippen LogP contribution in [0.25, 0.3) is 6.08 Å². The largest absolute Gasteiger partial charge is 0.460 e. The fraction of sp³-hybridized carbons (Fsp3) is 0.471. The molecule has 0 radical (unpaired) electrons. The number of ether oxygens (including phenoxy) is 3. The van der Waals surface area contributed by atoms with Crippen molar-refractivity contribution in [1.29, 1.82) is 0 Å². The number of aliphatic hydroxyl groups is 3. The minimum absolute atomic E-state index is 0.276. The molecule has 0 amide bonds. The molecular formula is C17H22O7. The van der Waals surface area contributed by atoms with Crippen molar-refractivity contribution in [2.45, 2.75) is 37.6 Å². The zero-order valence-corrected chi connectivity index (χ0v) is 13.5. The SMILES string of the molecule is COC1O[C@H](COC(=O)/C=C/c2ccc(C)cc2)[C@@H](O)[C@H](O)[C@H]1O. The molecule has 0 aromatic heterocycles. The highest BCUT2D eigenvalue weighted by molar-refractivity contribution is 5.87. The standard InChI is InChI=1S/C17H22O7/c1-10-3-5-11(6-4-10)7-8-13(18)23-9-12-14(19)15(20)16(21)17(22-2)24-12/h3-8,12,14-17,19-21H,9H2,1-2H3/b8-7+/t12-,14-,15+,16-,17?/m1/s1. The number of hydrogen-bond acceptors (Lipinski definition) is 7. The monoisotopic (exact) mass is 338 g/mol. The lowest BCUT2D eigenvalue weighted by molar-refractivity contribution is -0.294. The second kappa shape index (κ2) is 8.36. The number of rotatable bonds is 5. The highest BCUT2D eigenvalue weighted by atomic mass is 16.7. The maximum Gasteiger partial charge on any atom is 0.330 e. The molecule has 7 heteroatoms. The highest BCUT2D eigenvalue weighted by Gasteiger charge is 2.44. The second-order valence-corrected chi connectivity index (χ2v) is 5.62. The van der Waals surface area contributed by atoms with Crippen molar-refractivity contribution in [3.8, 4) is 0 Å². The van der Waals surface area contributed by atoms with Crippen LogP contribution in [0.3, 0.4) is 0 Å². The molecule has 0 spiro atoms. The molecule has 1 aliphatic rings. The number of hydrogen-bond donors (Lipinski definition) is 3. The summed E-state index contributed by atoms with van der Waals surface area (Å²) in [7, 11) is 1.30. The molecule has 2 rings (SSSR count). The van der Waals surface area contributed by atoms with Crippen LogP contribution >= 0.6 is 0 Å². The van der Waals surface area contributed by atoms with Crippen LogP contribution in [0, 0.1) is 6.92 Å². The van der Waals surface area contributed by atoms with Gasteiger partial charge in [-0.2, -0.15) is 0 Å². The van der Waals surface area contributed by atoms with Gasteiger partial charge in [-0.1, -0.05) is 29.8 Å². The lowest BCUT2D eigenvalue weighted by atomic mass is 9.99. The fourth-order valence-corrected chi connectivity index (χ4v) is 2.30. The zero-order chi connectivity index (χ0) is 17.7. The third-order valence-corrected chi connectivity index (χ3v) is 3.78. The molecule has 1 aromatic carbocycles. The number of methoxy groups -OCH3 is 1. The van der Waals surface area contributed by atoms with E-state index < -0.39 is 36.7 Å². The summed E-state index contributed by atoms with van der Waals surface area (Å²) in [4.78, 5) is 11.7. The first kappa shape index (κ1) is 18.6. The van der Waals surface area contributed by atoms with Crippen molar-refractivity contribution in [1.82, 2.24) is 0 Å². The summed E-state index contributed by atoms with van der Waals surface area (Å²) in [5.41, 5.74) is 1.97. The molecule has 7 nitrogen and oxygen atoms in total. The van der Waals surface area contributed by atoms with Crippen LogP contribution in [-0.4, -0.2) is 65.7 Å². The van der Waals surface area contributed by atoms with Gasteiger partial charge in [-0.05, 0) is 18.6 Å². The normalized spacial score (nSPS) is 30.5. The van der Waals surface area contributed by atoms with Crippen molar-refractivity contribution >= 4 is 12.0 Å². The van der Waals surface area contributed by atoms with Crippen molar-refractivity contribution in [2.75, 3.05) is 13.7 Å². The molecule has 1 saturated heterocycles. The van der Waals surface area contributed by atoms with Gasteiger partial charge in [0.15, 0.2) is 6.29 Å². The lowest BCUT2D eigenvalue weighted by Gasteiger charge is -2.39. The summed E-state index contributed by atoms with van der Waals surface area (Å²) in [6.45, 7) is 1.69.